The summed E-state index contributed by atoms with van der Waals surface area (Å²) in [7, 11) is 0. The third kappa shape index (κ3) is 4.21. The number of aromatic nitrogens is 1. The van der Waals surface area contributed by atoms with Crippen LogP contribution in [0.5, 0.6) is 0 Å². The monoisotopic (exact) mass is 400 g/mol. The van der Waals surface area contributed by atoms with Crippen LogP contribution in [0.2, 0.25) is 0 Å². The molecule has 4 heteroatoms. The summed E-state index contributed by atoms with van der Waals surface area (Å²) < 4.78 is 13.8. The van der Waals surface area contributed by atoms with Crippen molar-refractivity contribution >= 4 is 22.5 Å². The molecule has 1 fully saturated rings. The first-order valence-electron chi connectivity index (χ1n) is 10.5. The van der Waals surface area contributed by atoms with Crippen LogP contribution in [0, 0.1) is 30.0 Å². The summed E-state index contributed by atoms with van der Waals surface area (Å²) in [6.07, 6.45) is 11.1. The summed E-state index contributed by atoms with van der Waals surface area (Å²) in [6.45, 7) is 2.01. The number of anilines is 1. The van der Waals surface area contributed by atoms with E-state index in [4.69, 9.17) is 6.42 Å². The molecule has 1 unspecified atom stereocenters. The van der Waals surface area contributed by atoms with E-state index >= 15 is 0 Å². The Bertz CT molecular complexity index is 1090. The molecule has 3 nitrogen and oxygen atoms in total. The Labute approximate surface area is 176 Å². The fourth-order valence-corrected chi connectivity index (χ4v) is 4.55. The number of benzene rings is 2. The van der Waals surface area contributed by atoms with E-state index in [0.29, 0.717) is 11.8 Å². The molecule has 1 amide bonds. The van der Waals surface area contributed by atoms with Crippen molar-refractivity contribution in [1.82, 2.24) is 4.98 Å². The first-order chi connectivity index (χ1) is 14.5. The van der Waals surface area contributed by atoms with Crippen LogP contribution < -0.4 is 5.32 Å². The molecule has 1 aliphatic rings. The van der Waals surface area contributed by atoms with E-state index in [1.54, 1.807) is 12.1 Å². The van der Waals surface area contributed by atoms with Gasteiger partial charge in [0.2, 0.25) is 5.91 Å². The lowest BCUT2D eigenvalue weighted by Crippen LogP contribution is -2.29. The SMILES string of the molecule is C#Cc1ccc(NC(=O)C(C)C2CCC(c3ccnc4ccc(F)cc34)CC2)cc1. The quantitative estimate of drug-likeness (QED) is 0.554. The number of halogens is 1. The van der Waals surface area contributed by atoms with Crippen LogP contribution in [0.4, 0.5) is 10.1 Å². The van der Waals surface area contributed by atoms with Gasteiger partial charge in [-0.05, 0) is 91.6 Å². The molecule has 1 aliphatic carbocycles. The van der Waals surface area contributed by atoms with Crippen molar-refractivity contribution in [3.05, 3.63) is 71.7 Å². The molecule has 0 spiro atoms. The number of nitrogens with zero attached hydrogens (tertiary/aromatic N) is 1. The number of hydrogen-bond acceptors (Lipinski definition) is 2. The van der Waals surface area contributed by atoms with Crippen molar-refractivity contribution < 1.29 is 9.18 Å². The lowest BCUT2D eigenvalue weighted by atomic mass is 9.73. The maximum absolute atomic E-state index is 13.8. The molecule has 3 aromatic rings. The van der Waals surface area contributed by atoms with E-state index in [0.717, 1.165) is 47.8 Å². The van der Waals surface area contributed by atoms with Crippen LogP contribution in [-0.4, -0.2) is 10.9 Å². The van der Waals surface area contributed by atoms with Crippen LogP contribution in [0.3, 0.4) is 0 Å². The molecule has 152 valence electrons. The van der Waals surface area contributed by atoms with Crippen molar-refractivity contribution in [3.63, 3.8) is 0 Å². The van der Waals surface area contributed by atoms with Crippen LogP contribution in [0.25, 0.3) is 10.9 Å². The number of nitrogens with one attached hydrogen (secondary N) is 1. The zero-order valence-electron chi connectivity index (χ0n) is 17.1. The highest BCUT2D eigenvalue weighted by Crippen LogP contribution is 2.41. The minimum atomic E-state index is -0.231. The summed E-state index contributed by atoms with van der Waals surface area (Å²) in [5.74, 6) is 3.04. The van der Waals surface area contributed by atoms with Crippen molar-refractivity contribution in [2.75, 3.05) is 5.32 Å². The van der Waals surface area contributed by atoms with Gasteiger partial charge in [0.1, 0.15) is 5.82 Å². The van der Waals surface area contributed by atoms with Gasteiger partial charge in [0.25, 0.3) is 0 Å². The summed E-state index contributed by atoms with van der Waals surface area (Å²) in [5, 5.41) is 3.91. The number of carbonyl (C=O) groups is 1. The Morgan fingerprint density at radius 1 is 1.13 bits per heavy atom. The molecule has 1 heterocycles. The predicted octanol–water partition coefficient (Wildman–Crippen LogP) is 5.90. The van der Waals surface area contributed by atoms with Gasteiger partial charge in [-0.2, -0.15) is 0 Å². The third-order valence-corrected chi connectivity index (χ3v) is 6.39. The molecule has 1 N–H and O–H groups in total. The molecule has 2 aromatic carbocycles. The van der Waals surface area contributed by atoms with Crippen molar-refractivity contribution in [2.24, 2.45) is 11.8 Å². The molecule has 0 radical (unpaired) electrons. The summed E-state index contributed by atoms with van der Waals surface area (Å²) >= 11 is 0. The van der Waals surface area contributed by atoms with E-state index in [1.807, 2.05) is 43.5 Å². The average molecular weight is 400 g/mol. The molecule has 0 saturated heterocycles. The Kier molecular flexibility index (Phi) is 5.81. The number of carbonyl (C=O) groups excluding carboxylic acids is 1. The summed E-state index contributed by atoms with van der Waals surface area (Å²) in [4.78, 5) is 17.1. The molecule has 1 aromatic heterocycles. The largest absolute Gasteiger partial charge is 0.326 e. The summed E-state index contributed by atoms with van der Waals surface area (Å²) in [5.41, 5.74) is 3.57. The molecule has 4 rings (SSSR count). The van der Waals surface area contributed by atoms with Gasteiger partial charge < -0.3 is 5.32 Å². The zero-order chi connectivity index (χ0) is 21.1. The summed E-state index contributed by atoms with van der Waals surface area (Å²) in [6, 6.07) is 14.1. The van der Waals surface area contributed by atoms with Gasteiger partial charge in [0, 0.05) is 28.8 Å². The van der Waals surface area contributed by atoms with Crippen molar-refractivity contribution in [2.45, 2.75) is 38.5 Å². The predicted molar refractivity (Wildman–Crippen MR) is 119 cm³/mol. The van der Waals surface area contributed by atoms with E-state index in [1.165, 1.54) is 11.6 Å². The second kappa shape index (κ2) is 8.67. The Morgan fingerprint density at radius 2 is 1.87 bits per heavy atom. The van der Waals surface area contributed by atoms with Gasteiger partial charge in [-0.25, -0.2) is 4.39 Å². The van der Waals surface area contributed by atoms with Gasteiger partial charge in [-0.3, -0.25) is 9.78 Å². The Morgan fingerprint density at radius 3 is 2.57 bits per heavy atom. The normalized spacial score (nSPS) is 19.8. The standard InChI is InChI=1S/C26H25FN2O/c1-3-18-4-11-22(12-5-18)29-26(30)17(2)19-6-8-20(9-7-19)23-14-15-28-25-13-10-21(27)16-24(23)25/h1,4-5,10-17,19-20H,6-9H2,2H3,(H,29,30). The van der Waals surface area contributed by atoms with E-state index in [-0.39, 0.29) is 17.6 Å². The lowest BCUT2D eigenvalue weighted by Gasteiger charge is -2.32. The molecular formula is C26H25FN2O. The maximum Gasteiger partial charge on any atom is 0.227 e. The first kappa shape index (κ1) is 20.1. The zero-order valence-corrected chi connectivity index (χ0v) is 17.1. The van der Waals surface area contributed by atoms with Gasteiger partial charge in [-0.1, -0.05) is 12.8 Å². The highest BCUT2D eigenvalue weighted by atomic mass is 19.1. The van der Waals surface area contributed by atoms with Crippen LogP contribution >= 0.6 is 0 Å². The number of amides is 1. The number of terminal acetylenes is 1. The van der Waals surface area contributed by atoms with Gasteiger partial charge in [0.15, 0.2) is 0 Å². The average Bonchev–Trinajstić information content (AvgIpc) is 2.78. The van der Waals surface area contributed by atoms with E-state index in [9.17, 15) is 9.18 Å². The van der Waals surface area contributed by atoms with E-state index < -0.39 is 0 Å². The minimum Gasteiger partial charge on any atom is -0.326 e. The van der Waals surface area contributed by atoms with Crippen LogP contribution in [-0.2, 0) is 4.79 Å². The minimum absolute atomic E-state index is 0.0448. The smallest absolute Gasteiger partial charge is 0.227 e. The molecule has 30 heavy (non-hydrogen) atoms. The molecule has 1 atom stereocenters. The van der Waals surface area contributed by atoms with Gasteiger partial charge in [0.05, 0.1) is 5.52 Å². The number of rotatable bonds is 4. The number of pyridine rings is 1. The van der Waals surface area contributed by atoms with E-state index in [2.05, 4.69) is 16.2 Å². The van der Waals surface area contributed by atoms with Crippen LogP contribution in [0.1, 0.15) is 49.7 Å². The fraction of sp³-hybridized carbons (Fsp3) is 0.308. The third-order valence-electron chi connectivity index (χ3n) is 6.39. The topological polar surface area (TPSA) is 42.0 Å². The second-order valence-corrected chi connectivity index (χ2v) is 8.17. The molecule has 0 bridgehead atoms. The van der Waals surface area contributed by atoms with Gasteiger partial charge in [-0.15, -0.1) is 6.42 Å². The van der Waals surface area contributed by atoms with Crippen molar-refractivity contribution in [1.29, 1.82) is 0 Å². The molecule has 0 aliphatic heterocycles. The first-order valence-corrected chi connectivity index (χ1v) is 10.5. The van der Waals surface area contributed by atoms with Crippen LogP contribution in [0.15, 0.2) is 54.7 Å². The van der Waals surface area contributed by atoms with Crippen molar-refractivity contribution in [3.8, 4) is 12.3 Å². The Hall–Kier alpha value is -3.19. The maximum atomic E-state index is 13.8. The highest BCUT2D eigenvalue weighted by Gasteiger charge is 2.30. The number of fused-ring (bicyclic) bond motifs is 1. The number of hydrogen-bond donors (Lipinski definition) is 1. The Balaban J connectivity index is 1.40. The fourth-order valence-electron chi connectivity index (χ4n) is 4.55. The lowest BCUT2D eigenvalue weighted by molar-refractivity contribution is -0.121. The molecular weight excluding hydrogens is 375 g/mol. The van der Waals surface area contributed by atoms with Gasteiger partial charge >= 0.3 is 0 Å². The molecule has 1 saturated carbocycles. The highest BCUT2D eigenvalue weighted by molar-refractivity contribution is 5.92. The second-order valence-electron chi connectivity index (χ2n) is 8.17.